The van der Waals surface area contributed by atoms with E-state index in [0.29, 0.717) is 25.8 Å². The Morgan fingerprint density at radius 3 is 2.76 bits per heavy atom. The van der Waals surface area contributed by atoms with Crippen molar-refractivity contribution in [2.24, 2.45) is 17.3 Å². The highest BCUT2D eigenvalue weighted by Crippen LogP contribution is 2.50. The van der Waals surface area contributed by atoms with E-state index in [1.54, 1.807) is 6.08 Å². The number of fused-ring (bicyclic) bond motifs is 1. The van der Waals surface area contributed by atoms with Crippen LogP contribution in [-0.4, -0.2) is 65.0 Å². The summed E-state index contributed by atoms with van der Waals surface area (Å²) in [7, 11) is 0. The Morgan fingerprint density at radius 1 is 1.29 bits per heavy atom. The number of ether oxygens (including phenoxy) is 2. The summed E-state index contributed by atoms with van der Waals surface area (Å²) in [6.45, 7) is 6.36. The number of carbonyl (C=O) groups excluding carboxylic acids is 4. The number of carbonyl (C=O) groups is 4. The van der Waals surface area contributed by atoms with Gasteiger partial charge in [0.15, 0.2) is 12.1 Å². The van der Waals surface area contributed by atoms with Crippen molar-refractivity contribution in [2.75, 3.05) is 13.2 Å². The van der Waals surface area contributed by atoms with E-state index in [9.17, 15) is 24.3 Å². The Balaban J connectivity index is 1.46. The van der Waals surface area contributed by atoms with Gasteiger partial charge in [-0.25, -0.2) is 4.79 Å². The minimum Gasteiger partial charge on any atom is -0.459 e. The predicted octanol–water partition coefficient (Wildman–Crippen LogP) is 2.48. The van der Waals surface area contributed by atoms with Crippen molar-refractivity contribution in [1.82, 2.24) is 4.90 Å². The lowest BCUT2D eigenvalue weighted by molar-refractivity contribution is -0.169. The van der Waals surface area contributed by atoms with E-state index in [1.165, 1.54) is 4.90 Å². The van der Waals surface area contributed by atoms with Gasteiger partial charge in [0.1, 0.15) is 17.9 Å². The molecule has 34 heavy (non-hydrogen) atoms. The number of amides is 1. The number of ketones is 2. The van der Waals surface area contributed by atoms with Gasteiger partial charge in [-0.1, -0.05) is 24.1 Å². The van der Waals surface area contributed by atoms with Gasteiger partial charge in [0.2, 0.25) is 5.91 Å². The minimum absolute atomic E-state index is 0.00298. The first-order valence-electron chi connectivity index (χ1n) is 12.4. The molecule has 6 atom stereocenters. The maximum atomic E-state index is 13.3. The fourth-order valence-corrected chi connectivity index (χ4v) is 5.93. The zero-order chi connectivity index (χ0) is 24.6. The molecule has 0 saturated carbocycles. The van der Waals surface area contributed by atoms with Crippen LogP contribution in [0.15, 0.2) is 23.3 Å². The van der Waals surface area contributed by atoms with E-state index in [4.69, 9.17) is 9.47 Å². The van der Waals surface area contributed by atoms with Crippen LogP contribution in [0.2, 0.25) is 0 Å². The Bertz CT molecular complexity index is 937. The summed E-state index contributed by atoms with van der Waals surface area (Å²) in [6.07, 6.45) is 5.17. The Labute approximate surface area is 200 Å². The number of allylic oxidation sites excluding steroid dienone is 3. The van der Waals surface area contributed by atoms with Crippen LogP contribution in [0.5, 0.6) is 0 Å². The molecule has 0 bridgehead atoms. The van der Waals surface area contributed by atoms with Crippen LogP contribution in [0, 0.1) is 17.3 Å². The second-order valence-electron chi connectivity index (χ2n) is 10.3. The Hall–Kier alpha value is -2.32. The maximum absolute atomic E-state index is 13.3. The van der Waals surface area contributed by atoms with E-state index < -0.39 is 35.7 Å². The van der Waals surface area contributed by atoms with Gasteiger partial charge < -0.3 is 19.5 Å². The molecule has 1 amide bonds. The number of hydrogen-bond acceptors (Lipinski definition) is 7. The number of hydrogen-bond donors (Lipinski definition) is 1. The summed E-state index contributed by atoms with van der Waals surface area (Å²) in [5.74, 6) is -1.57. The smallest absolute Gasteiger partial charge is 0.329 e. The molecule has 2 heterocycles. The normalized spacial score (nSPS) is 36.0. The molecule has 2 aliphatic heterocycles. The van der Waals surface area contributed by atoms with Crippen molar-refractivity contribution in [2.45, 2.75) is 84.2 Å². The highest BCUT2D eigenvalue weighted by molar-refractivity contribution is 5.99. The van der Waals surface area contributed by atoms with Crippen LogP contribution in [-0.2, 0) is 28.7 Å². The first-order valence-corrected chi connectivity index (χ1v) is 12.4. The first-order chi connectivity index (χ1) is 16.1. The summed E-state index contributed by atoms with van der Waals surface area (Å²) >= 11 is 0. The molecular formula is C26H35NO7. The van der Waals surface area contributed by atoms with Gasteiger partial charge in [0.05, 0.1) is 24.4 Å². The maximum Gasteiger partial charge on any atom is 0.329 e. The number of Topliss-reactive ketones (excluding diaryl/α,β-unsaturated/α-hetero) is 1. The summed E-state index contributed by atoms with van der Waals surface area (Å²) in [5, 5.41) is 9.46. The zero-order valence-corrected chi connectivity index (χ0v) is 20.2. The molecule has 0 aromatic rings. The number of aliphatic hydroxyl groups is 1. The SMILES string of the molecule is CCC1=CC(=O)C2(C)C(OC(=O)C3CCCN3C(=O)CC3COC(O)CC3=O)CC(C)=CCC12. The van der Waals surface area contributed by atoms with E-state index in [-0.39, 0.29) is 42.8 Å². The molecule has 186 valence electrons. The average Bonchev–Trinajstić information content (AvgIpc) is 3.34. The van der Waals surface area contributed by atoms with Gasteiger partial charge in [-0.3, -0.25) is 14.4 Å². The van der Waals surface area contributed by atoms with Crippen molar-refractivity contribution >= 4 is 23.4 Å². The molecule has 1 N–H and O–H groups in total. The highest BCUT2D eigenvalue weighted by atomic mass is 16.6. The van der Waals surface area contributed by atoms with E-state index >= 15 is 0 Å². The molecule has 8 heteroatoms. The Kier molecular flexibility index (Phi) is 7.10. The van der Waals surface area contributed by atoms with Crippen molar-refractivity contribution in [3.63, 3.8) is 0 Å². The third-order valence-corrected chi connectivity index (χ3v) is 8.15. The van der Waals surface area contributed by atoms with Crippen LogP contribution in [0.25, 0.3) is 0 Å². The Morgan fingerprint density at radius 2 is 2.06 bits per heavy atom. The lowest BCUT2D eigenvalue weighted by atomic mass is 9.70. The largest absolute Gasteiger partial charge is 0.459 e. The second-order valence-corrected chi connectivity index (χ2v) is 10.3. The van der Waals surface area contributed by atoms with E-state index in [0.717, 1.165) is 24.0 Å². The third kappa shape index (κ3) is 4.50. The van der Waals surface area contributed by atoms with Gasteiger partial charge in [0.25, 0.3) is 0 Å². The minimum atomic E-state index is -1.11. The van der Waals surface area contributed by atoms with Gasteiger partial charge in [-0.05, 0) is 51.5 Å². The van der Waals surface area contributed by atoms with Crippen LogP contribution in [0.4, 0.5) is 0 Å². The first kappa shape index (κ1) is 24.8. The number of nitrogens with zero attached hydrogens (tertiary/aromatic N) is 1. The zero-order valence-electron chi connectivity index (χ0n) is 20.2. The van der Waals surface area contributed by atoms with Crippen molar-refractivity contribution in [1.29, 1.82) is 0 Å². The van der Waals surface area contributed by atoms with E-state index in [1.807, 2.05) is 20.8 Å². The third-order valence-electron chi connectivity index (χ3n) is 8.15. The summed E-state index contributed by atoms with van der Waals surface area (Å²) in [6, 6.07) is -0.720. The number of esters is 1. The molecule has 8 nitrogen and oxygen atoms in total. The molecule has 0 aromatic heterocycles. The molecule has 0 radical (unpaired) electrons. The summed E-state index contributed by atoms with van der Waals surface area (Å²) in [5.41, 5.74) is 1.38. The van der Waals surface area contributed by atoms with Crippen LogP contribution >= 0.6 is 0 Å². The van der Waals surface area contributed by atoms with Crippen LogP contribution in [0.3, 0.4) is 0 Å². The van der Waals surface area contributed by atoms with Crippen LogP contribution in [0.1, 0.15) is 65.7 Å². The second kappa shape index (κ2) is 9.74. The van der Waals surface area contributed by atoms with Gasteiger partial charge in [0, 0.05) is 19.4 Å². The molecule has 0 spiro atoms. The highest BCUT2D eigenvalue weighted by Gasteiger charge is 2.54. The monoisotopic (exact) mass is 473 g/mol. The average molecular weight is 474 g/mol. The number of rotatable bonds is 5. The molecule has 4 aliphatic rings. The van der Waals surface area contributed by atoms with Gasteiger partial charge in [-0.15, -0.1) is 0 Å². The van der Waals surface area contributed by atoms with Crippen molar-refractivity contribution < 1.29 is 33.8 Å². The van der Waals surface area contributed by atoms with Crippen molar-refractivity contribution in [3.8, 4) is 0 Å². The summed E-state index contributed by atoms with van der Waals surface area (Å²) < 4.78 is 11.2. The molecule has 4 rings (SSSR count). The van der Waals surface area contributed by atoms with Crippen molar-refractivity contribution in [3.05, 3.63) is 23.3 Å². The lowest BCUT2D eigenvalue weighted by Crippen LogP contribution is -2.48. The lowest BCUT2D eigenvalue weighted by Gasteiger charge is -2.38. The summed E-state index contributed by atoms with van der Waals surface area (Å²) in [4.78, 5) is 53.1. The molecular weight excluding hydrogens is 438 g/mol. The number of aliphatic hydroxyl groups excluding tert-OH is 1. The fourth-order valence-electron chi connectivity index (χ4n) is 5.93. The topological polar surface area (TPSA) is 110 Å². The van der Waals surface area contributed by atoms with E-state index in [2.05, 4.69) is 6.08 Å². The molecule has 2 fully saturated rings. The molecule has 2 saturated heterocycles. The van der Waals surface area contributed by atoms with Gasteiger partial charge in [-0.2, -0.15) is 0 Å². The van der Waals surface area contributed by atoms with Gasteiger partial charge >= 0.3 is 5.97 Å². The molecule has 6 unspecified atom stereocenters. The number of likely N-dealkylation sites (tertiary alicyclic amines) is 1. The quantitative estimate of drug-likeness (QED) is 0.482. The fraction of sp³-hybridized carbons (Fsp3) is 0.692. The predicted molar refractivity (Wildman–Crippen MR) is 122 cm³/mol. The standard InChI is InChI=1S/C26H35NO7/c1-4-16-11-21(29)26(3)18(16)8-7-15(2)10-22(26)34-25(32)19-6-5-9-27(19)23(30)12-17-14-33-24(31)13-20(17)28/h7,11,17-19,22,24,31H,4-6,8-10,12-14H2,1-3H3. The molecule has 0 aromatic carbocycles. The van der Waals surface area contributed by atoms with Crippen LogP contribution < -0.4 is 0 Å². The molecule has 2 aliphatic carbocycles.